The van der Waals surface area contributed by atoms with Crippen molar-refractivity contribution in [3.05, 3.63) is 26.6 Å². The minimum atomic E-state index is -1.88. The van der Waals surface area contributed by atoms with E-state index in [4.69, 9.17) is 23.7 Å². The number of aromatic hydroxyl groups is 1. The van der Waals surface area contributed by atoms with Gasteiger partial charge >= 0.3 is 11.9 Å². The third-order valence-corrected chi connectivity index (χ3v) is 10.9. The van der Waals surface area contributed by atoms with Crippen LogP contribution in [-0.2, 0) is 33.3 Å². The summed E-state index contributed by atoms with van der Waals surface area (Å²) in [4.78, 5) is 25.9. The molecule has 43 heavy (non-hydrogen) atoms. The number of rotatable bonds is 7. The minimum absolute atomic E-state index is 0.0660. The maximum atomic E-state index is 13.0. The van der Waals surface area contributed by atoms with Crippen LogP contribution in [-0.4, -0.2) is 70.9 Å². The number of phenols is 1. The molecule has 0 radical (unpaired) electrons. The van der Waals surface area contributed by atoms with Crippen molar-refractivity contribution in [2.24, 2.45) is 23.2 Å². The van der Waals surface area contributed by atoms with Crippen molar-refractivity contribution in [1.29, 1.82) is 0 Å². The number of hydrogen-bond donors (Lipinski definition) is 3. The Morgan fingerprint density at radius 3 is 2.42 bits per heavy atom. The molecule has 3 aliphatic heterocycles. The highest BCUT2D eigenvalue weighted by molar-refractivity contribution is 9.11. The number of aliphatic hydroxyl groups is 2. The number of methoxy groups -OCH3 is 1. The summed E-state index contributed by atoms with van der Waals surface area (Å²) in [6.45, 7) is 9.32. The third kappa shape index (κ3) is 7.10. The number of carbonyl (C=O) groups excluding carboxylic acids is 2. The van der Waals surface area contributed by atoms with Gasteiger partial charge in [0, 0.05) is 35.3 Å². The van der Waals surface area contributed by atoms with E-state index in [0.717, 1.165) is 10.0 Å². The van der Waals surface area contributed by atoms with Crippen LogP contribution in [0.15, 0.2) is 21.1 Å². The zero-order valence-corrected chi connectivity index (χ0v) is 28.8. The van der Waals surface area contributed by atoms with Crippen LogP contribution in [0.4, 0.5) is 0 Å². The van der Waals surface area contributed by atoms with Gasteiger partial charge in [-0.15, -0.1) is 0 Å². The van der Waals surface area contributed by atoms with Crippen LogP contribution in [0.2, 0.25) is 0 Å². The molecule has 10 nitrogen and oxygen atoms in total. The van der Waals surface area contributed by atoms with Crippen LogP contribution in [0, 0.1) is 23.2 Å². The number of halogens is 2. The number of benzene rings is 1. The molecule has 3 heterocycles. The Bertz CT molecular complexity index is 1190. The summed E-state index contributed by atoms with van der Waals surface area (Å²) < 4.78 is 31.9. The van der Waals surface area contributed by atoms with E-state index in [2.05, 4.69) is 38.8 Å². The van der Waals surface area contributed by atoms with E-state index in [0.29, 0.717) is 23.7 Å². The van der Waals surface area contributed by atoms with E-state index in [1.807, 2.05) is 27.7 Å². The number of cyclic esters (lactones) is 1. The van der Waals surface area contributed by atoms with Gasteiger partial charge in [-0.1, -0.05) is 50.5 Å². The van der Waals surface area contributed by atoms with Gasteiger partial charge in [-0.25, -0.2) is 0 Å². The zero-order valence-electron chi connectivity index (χ0n) is 25.6. The molecule has 1 aromatic carbocycles. The molecule has 3 aliphatic rings. The Balaban J connectivity index is 1.66. The zero-order chi connectivity index (χ0) is 31.9. The Labute approximate surface area is 270 Å². The molecule has 3 saturated heterocycles. The number of aliphatic hydroxyl groups excluding tert-OH is 1. The molecular weight excluding hydrogens is 692 g/mol. The monoisotopic (exact) mass is 734 g/mol. The number of fused-ring (bicyclic) bond motifs is 2. The first-order valence-electron chi connectivity index (χ1n) is 14.9. The molecule has 9 unspecified atom stereocenters. The fourth-order valence-electron chi connectivity index (χ4n) is 6.90. The average molecular weight is 736 g/mol. The number of esters is 2. The summed E-state index contributed by atoms with van der Waals surface area (Å²) in [7, 11) is 1.63. The second-order valence-electron chi connectivity index (χ2n) is 13.1. The lowest BCUT2D eigenvalue weighted by atomic mass is 9.66. The standard InChI is InChI=1S/C31H44Br2O10/c1-16(7-8-24(39-6)20-10-23(35)22(33)11-21(20)32)28-18(3)25-13-31(42-28)29(4,5)12-17(2)30(38,43-31)14-27(37)40-19(15-34)9-26(36)41-25/h10-11,16-19,24-25,28,34-35,38H,7-9,12-15H2,1-6H3. The van der Waals surface area contributed by atoms with Gasteiger partial charge < -0.3 is 39.0 Å². The van der Waals surface area contributed by atoms with Crippen LogP contribution >= 0.6 is 31.9 Å². The fraction of sp³-hybridized carbons (Fsp3) is 0.742. The van der Waals surface area contributed by atoms with Gasteiger partial charge in [-0.2, -0.15) is 0 Å². The first-order valence-corrected chi connectivity index (χ1v) is 16.4. The number of hydrogen-bond acceptors (Lipinski definition) is 10. The SMILES string of the molecule is COC(CCC(C)C1OC23CC(OC(=O)CC(CO)OC(=O)CC(O)(O2)C(C)CC3(C)C)C1C)c1cc(O)c(Br)cc1Br. The van der Waals surface area contributed by atoms with Gasteiger partial charge in [0.25, 0.3) is 0 Å². The normalized spacial score (nSPS) is 36.0. The van der Waals surface area contributed by atoms with Crippen LogP contribution in [0.3, 0.4) is 0 Å². The molecular formula is C31H44Br2O10. The average Bonchev–Trinajstić information content (AvgIpc) is 2.91. The lowest BCUT2D eigenvalue weighted by Crippen LogP contribution is -2.68. The van der Waals surface area contributed by atoms with E-state index in [1.165, 1.54) is 0 Å². The molecule has 12 heteroatoms. The van der Waals surface area contributed by atoms with Gasteiger partial charge in [0.05, 0.1) is 36.1 Å². The van der Waals surface area contributed by atoms with Crippen molar-refractivity contribution >= 4 is 43.8 Å². The van der Waals surface area contributed by atoms with Crippen molar-refractivity contribution in [1.82, 2.24) is 0 Å². The van der Waals surface area contributed by atoms with Gasteiger partial charge in [-0.05, 0) is 58.8 Å². The van der Waals surface area contributed by atoms with Crippen LogP contribution in [0.5, 0.6) is 5.75 Å². The molecule has 1 spiro atoms. The van der Waals surface area contributed by atoms with Gasteiger partial charge in [0.2, 0.25) is 0 Å². The molecule has 0 amide bonds. The second-order valence-corrected chi connectivity index (χ2v) is 14.9. The fourth-order valence-corrected chi connectivity index (χ4v) is 8.15. The molecule has 1 aromatic rings. The van der Waals surface area contributed by atoms with Crippen molar-refractivity contribution in [2.75, 3.05) is 13.7 Å². The molecule has 242 valence electrons. The largest absolute Gasteiger partial charge is 0.507 e. The molecule has 0 aliphatic carbocycles. The highest BCUT2D eigenvalue weighted by atomic mass is 79.9. The maximum Gasteiger partial charge on any atom is 0.311 e. The second kappa shape index (κ2) is 13.2. The number of carbonyl (C=O) groups is 2. The maximum absolute atomic E-state index is 13.0. The molecule has 4 rings (SSSR count). The summed E-state index contributed by atoms with van der Waals surface area (Å²) in [5.74, 6) is -5.24. The predicted molar refractivity (Wildman–Crippen MR) is 163 cm³/mol. The highest BCUT2D eigenvalue weighted by Gasteiger charge is 2.64. The molecule has 0 saturated carbocycles. The van der Waals surface area contributed by atoms with E-state index in [-0.39, 0.29) is 36.5 Å². The summed E-state index contributed by atoms with van der Waals surface area (Å²) in [6, 6.07) is 3.46. The van der Waals surface area contributed by atoms with Crippen LogP contribution < -0.4 is 0 Å². The molecule has 3 N–H and O–H groups in total. The summed E-state index contributed by atoms with van der Waals surface area (Å²) in [5, 5.41) is 31.8. The third-order valence-electron chi connectivity index (χ3n) is 9.58. The molecule has 3 fully saturated rings. The van der Waals surface area contributed by atoms with E-state index in [9.17, 15) is 24.9 Å². The first kappa shape index (κ1) is 34.6. The van der Waals surface area contributed by atoms with Crippen molar-refractivity contribution in [2.45, 2.75) is 109 Å². The van der Waals surface area contributed by atoms with E-state index >= 15 is 0 Å². The molecule has 0 aromatic heterocycles. The first-order chi connectivity index (χ1) is 20.0. The van der Waals surface area contributed by atoms with Gasteiger partial charge in [0.15, 0.2) is 11.6 Å². The summed E-state index contributed by atoms with van der Waals surface area (Å²) >= 11 is 6.92. The van der Waals surface area contributed by atoms with E-state index in [1.54, 1.807) is 19.2 Å². The number of phenolic OH excluding ortho intramolecular Hbond substituents is 1. The Hall–Kier alpha value is -1.28. The Kier molecular flexibility index (Phi) is 10.6. The highest BCUT2D eigenvalue weighted by Crippen LogP contribution is 2.57. The van der Waals surface area contributed by atoms with Gasteiger partial charge in [0.1, 0.15) is 18.0 Å². The lowest BCUT2D eigenvalue weighted by Gasteiger charge is -2.61. The van der Waals surface area contributed by atoms with Crippen LogP contribution in [0.1, 0.15) is 84.8 Å². The van der Waals surface area contributed by atoms with Crippen LogP contribution in [0.25, 0.3) is 0 Å². The molecule has 3 bridgehead atoms. The topological polar surface area (TPSA) is 141 Å². The van der Waals surface area contributed by atoms with Crippen molar-refractivity contribution < 1.29 is 48.6 Å². The predicted octanol–water partition coefficient (Wildman–Crippen LogP) is 5.52. The minimum Gasteiger partial charge on any atom is -0.507 e. The Morgan fingerprint density at radius 1 is 1.07 bits per heavy atom. The lowest BCUT2D eigenvalue weighted by molar-refractivity contribution is -0.451. The summed E-state index contributed by atoms with van der Waals surface area (Å²) in [5.41, 5.74) is 0.199. The van der Waals surface area contributed by atoms with Crippen molar-refractivity contribution in [3.8, 4) is 5.75 Å². The van der Waals surface area contributed by atoms with Gasteiger partial charge in [-0.3, -0.25) is 9.59 Å². The smallest absolute Gasteiger partial charge is 0.311 e. The molecule has 9 atom stereocenters. The Morgan fingerprint density at radius 2 is 1.77 bits per heavy atom. The van der Waals surface area contributed by atoms with E-state index < -0.39 is 66.2 Å². The quantitative estimate of drug-likeness (QED) is 0.307. The summed E-state index contributed by atoms with van der Waals surface area (Å²) in [6.07, 6.45) is -1.31. The van der Waals surface area contributed by atoms with Crippen molar-refractivity contribution in [3.63, 3.8) is 0 Å². The number of ether oxygens (including phenoxy) is 5.